The van der Waals surface area contributed by atoms with Crippen molar-refractivity contribution < 1.29 is 15.0 Å². The Morgan fingerprint density at radius 1 is 1.60 bits per heavy atom. The predicted octanol–water partition coefficient (Wildman–Crippen LogP) is 0.0850. The summed E-state index contributed by atoms with van der Waals surface area (Å²) in [7, 11) is 0. The van der Waals surface area contributed by atoms with E-state index >= 15 is 0 Å². The molecule has 1 aromatic rings. The van der Waals surface area contributed by atoms with Crippen LogP contribution in [0.5, 0.6) is 5.75 Å². The molecule has 0 radical (unpaired) electrons. The summed E-state index contributed by atoms with van der Waals surface area (Å²) >= 11 is 0. The molecule has 0 saturated carbocycles. The van der Waals surface area contributed by atoms with Crippen molar-refractivity contribution in [2.24, 2.45) is 0 Å². The van der Waals surface area contributed by atoms with Crippen molar-refractivity contribution in [1.82, 2.24) is 5.32 Å². The molecule has 0 spiro atoms. The Labute approximate surface area is 87.5 Å². The van der Waals surface area contributed by atoms with E-state index in [-0.39, 0.29) is 29.6 Å². The molecular weight excluding hydrogens is 196 g/mol. The fraction of sp³-hybridized carbons (Fsp3) is 0.300. The molecule has 0 aliphatic carbocycles. The minimum Gasteiger partial charge on any atom is -0.505 e. The lowest BCUT2D eigenvalue weighted by molar-refractivity contribution is 0.0919. The van der Waals surface area contributed by atoms with Gasteiger partial charge in [0.2, 0.25) is 0 Å². The van der Waals surface area contributed by atoms with Crippen molar-refractivity contribution in [3.05, 3.63) is 23.8 Å². The standard InChI is InChI=1S/C10H14N2O3/c1-6(5-13)12-10(15)7-3-2-4-8(11)9(7)14/h2-4,6,13-14H,5,11H2,1H3,(H,12,15). The van der Waals surface area contributed by atoms with E-state index in [9.17, 15) is 9.90 Å². The number of aliphatic hydroxyl groups excluding tert-OH is 1. The third-order valence-electron chi connectivity index (χ3n) is 1.96. The van der Waals surface area contributed by atoms with Crippen molar-refractivity contribution in [2.45, 2.75) is 13.0 Å². The Hall–Kier alpha value is -1.75. The number of aliphatic hydroxyl groups is 1. The second-order valence-corrected chi connectivity index (χ2v) is 3.30. The molecule has 15 heavy (non-hydrogen) atoms. The van der Waals surface area contributed by atoms with E-state index in [0.717, 1.165) is 0 Å². The Morgan fingerprint density at radius 2 is 2.27 bits per heavy atom. The first-order chi connectivity index (χ1) is 7.06. The number of nitrogens with one attached hydrogen (secondary N) is 1. The molecule has 0 aliphatic rings. The zero-order valence-electron chi connectivity index (χ0n) is 8.40. The van der Waals surface area contributed by atoms with Gasteiger partial charge in [-0.2, -0.15) is 0 Å². The number of hydrogen-bond acceptors (Lipinski definition) is 4. The van der Waals surface area contributed by atoms with Crippen LogP contribution < -0.4 is 11.1 Å². The number of carbonyl (C=O) groups excluding carboxylic acids is 1. The summed E-state index contributed by atoms with van der Waals surface area (Å²) in [6.45, 7) is 1.50. The summed E-state index contributed by atoms with van der Waals surface area (Å²) in [6.07, 6.45) is 0. The number of phenols is 1. The van der Waals surface area contributed by atoms with Crippen molar-refractivity contribution in [2.75, 3.05) is 12.3 Å². The maximum Gasteiger partial charge on any atom is 0.255 e. The zero-order valence-corrected chi connectivity index (χ0v) is 8.40. The highest BCUT2D eigenvalue weighted by atomic mass is 16.3. The van der Waals surface area contributed by atoms with Crippen LogP contribution in [0.15, 0.2) is 18.2 Å². The second-order valence-electron chi connectivity index (χ2n) is 3.30. The molecule has 0 aliphatic heterocycles. The second kappa shape index (κ2) is 4.65. The molecule has 1 atom stereocenters. The van der Waals surface area contributed by atoms with Gasteiger partial charge in [-0.05, 0) is 19.1 Å². The lowest BCUT2D eigenvalue weighted by atomic mass is 10.1. The van der Waals surface area contributed by atoms with Crippen LogP contribution in [0.3, 0.4) is 0 Å². The summed E-state index contributed by atoms with van der Waals surface area (Å²) in [6, 6.07) is 4.18. The summed E-state index contributed by atoms with van der Waals surface area (Å²) in [4.78, 5) is 11.5. The summed E-state index contributed by atoms with van der Waals surface area (Å²) in [5, 5.41) is 20.8. The molecule has 5 nitrogen and oxygen atoms in total. The highest BCUT2D eigenvalue weighted by Gasteiger charge is 2.14. The molecular formula is C10H14N2O3. The maximum absolute atomic E-state index is 11.5. The van der Waals surface area contributed by atoms with Crippen molar-refractivity contribution in [3.8, 4) is 5.75 Å². The molecule has 5 N–H and O–H groups in total. The van der Waals surface area contributed by atoms with Crippen LogP contribution >= 0.6 is 0 Å². The Kier molecular flexibility index (Phi) is 3.51. The van der Waals surface area contributed by atoms with Crippen LogP contribution in [0.2, 0.25) is 0 Å². The average Bonchev–Trinajstić information content (AvgIpc) is 2.21. The van der Waals surface area contributed by atoms with E-state index < -0.39 is 5.91 Å². The van der Waals surface area contributed by atoms with Crippen molar-refractivity contribution in [1.29, 1.82) is 0 Å². The number of para-hydroxylation sites is 1. The van der Waals surface area contributed by atoms with Gasteiger partial charge >= 0.3 is 0 Å². The highest BCUT2D eigenvalue weighted by Crippen LogP contribution is 2.24. The van der Waals surface area contributed by atoms with E-state index in [1.165, 1.54) is 12.1 Å². The SMILES string of the molecule is CC(CO)NC(=O)c1cccc(N)c1O. The van der Waals surface area contributed by atoms with Crippen LogP contribution in [0, 0.1) is 0 Å². The third-order valence-corrected chi connectivity index (χ3v) is 1.96. The number of phenolic OH excluding ortho intramolecular Hbond substituents is 1. The van der Waals surface area contributed by atoms with E-state index in [2.05, 4.69) is 5.32 Å². The molecule has 5 heteroatoms. The Morgan fingerprint density at radius 3 is 2.87 bits per heavy atom. The molecule has 1 rings (SSSR count). The zero-order chi connectivity index (χ0) is 11.4. The number of anilines is 1. The summed E-state index contributed by atoms with van der Waals surface area (Å²) < 4.78 is 0. The van der Waals surface area contributed by atoms with Gasteiger partial charge < -0.3 is 21.3 Å². The molecule has 1 amide bonds. The molecule has 0 aromatic heterocycles. The number of hydrogen-bond donors (Lipinski definition) is 4. The quantitative estimate of drug-likeness (QED) is 0.420. The first-order valence-electron chi connectivity index (χ1n) is 4.55. The van der Waals surface area contributed by atoms with Crippen LogP contribution in [0.1, 0.15) is 17.3 Å². The Bertz CT molecular complexity index is 366. The minimum atomic E-state index is -0.457. The molecule has 0 fully saturated rings. The van der Waals surface area contributed by atoms with E-state index in [1.807, 2.05) is 0 Å². The van der Waals surface area contributed by atoms with E-state index in [1.54, 1.807) is 13.0 Å². The van der Waals surface area contributed by atoms with Crippen molar-refractivity contribution >= 4 is 11.6 Å². The summed E-state index contributed by atoms with van der Waals surface area (Å²) in [5.74, 6) is -0.693. The van der Waals surface area contributed by atoms with E-state index in [4.69, 9.17) is 10.8 Å². The van der Waals surface area contributed by atoms with Gasteiger partial charge in [0.1, 0.15) is 0 Å². The van der Waals surface area contributed by atoms with Crippen LogP contribution in [0.25, 0.3) is 0 Å². The molecule has 0 bridgehead atoms. The van der Waals surface area contributed by atoms with Crippen LogP contribution in [-0.2, 0) is 0 Å². The van der Waals surface area contributed by atoms with Gasteiger partial charge in [0.25, 0.3) is 5.91 Å². The van der Waals surface area contributed by atoms with Gasteiger partial charge in [-0.3, -0.25) is 4.79 Å². The molecule has 0 saturated heterocycles. The smallest absolute Gasteiger partial charge is 0.255 e. The topological polar surface area (TPSA) is 95.6 Å². The first kappa shape index (κ1) is 11.3. The number of nitrogen functional groups attached to an aromatic ring is 1. The Balaban J connectivity index is 2.87. The van der Waals surface area contributed by atoms with E-state index in [0.29, 0.717) is 0 Å². The van der Waals surface area contributed by atoms with Gasteiger partial charge in [0.05, 0.1) is 17.9 Å². The van der Waals surface area contributed by atoms with Gasteiger partial charge in [0, 0.05) is 6.04 Å². The number of carbonyl (C=O) groups is 1. The molecule has 0 heterocycles. The summed E-state index contributed by atoms with van der Waals surface area (Å²) in [5.41, 5.74) is 5.70. The fourth-order valence-electron chi connectivity index (χ4n) is 1.09. The van der Waals surface area contributed by atoms with Gasteiger partial charge in [-0.15, -0.1) is 0 Å². The number of nitrogens with two attached hydrogens (primary N) is 1. The maximum atomic E-state index is 11.5. The molecule has 1 unspecified atom stereocenters. The van der Waals surface area contributed by atoms with Crippen LogP contribution in [-0.4, -0.2) is 28.8 Å². The number of aromatic hydroxyl groups is 1. The van der Waals surface area contributed by atoms with Gasteiger partial charge in [-0.1, -0.05) is 6.07 Å². The van der Waals surface area contributed by atoms with Gasteiger partial charge in [0.15, 0.2) is 5.75 Å². The van der Waals surface area contributed by atoms with Gasteiger partial charge in [-0.25, -0.2) is 0 Å². The lowest BCUT2D eigenvalue weighted by Crippen LogP contribution is -2.35. The molecule has 82 valence electrons. The number of benzene rings is 1. The van der Waals surface area contributed by atoms with Crippen LogP contribution in [0.4, 0.5) is 5.69 Å². The van der Waals surface area contributed by atoms with Crippen molar-refractivity contribution in [3.63, 3.8) is 0 Å². The fourth-order valence-corrected chi connectivity index (χ4v) is 1.09. The number of rotatable bonds is 3. The molecule has 1 aromatic carbocycles. The first-order valence-corrected chi connectivity index (χ1v) is 4.55. The monoisotopic (exact) mass is 210 g/mol. The lowest BCUT2D eigenvalue weighted by Gasteiger charge is -2.12. The minimum absolute atomic E-state index is 0.107. The largest absolute Gasteiger partial charge is 0.505 e. The third kappa shape index (κ3) is 2.60. The normalized spacial score (nSPS) is 12.1. The number of amides is 1. The average molecular weight is 210 g/mol. The predicted molar refractivity (Wildman–Crippen MR) is 56.5 cm³/mol. The highest BCUT2D eigenvalue weighted by molar-refractivity contribution is 5.98.